The van der Waals surface area contributed by atoms with Crippen LogP contribution in [0.3, 0.4) is 0 Å². The van der Waals surface area contributed by atoms with E-state index in [2.05, 4.69) is 35.7 Å². The van der Waals surface area contributed by atoms with Crippen molar-refractivity contribution in [1.29, 1.82) is 0 Å². The molecule has 1 aromatic rings. The fourth-order valence-electron chi connectivity index (χ4n) is 1.51. The number of thioether (sulfide) groups is 1. The number of rotatable bonds is 8. The zero-order chi connectivity index (χ0) is 12.5. The Morgan fingerprint density at radius 1 is 1.29 bits per heavy atom. The number of aromatic nitrogens is 1. The molecule has 17 heavy (non-hydrogen) atoms. The highest BCUT2D eigenvalue weighted by molar-refractivity contribution is 7.98. The Kier molecular flexibility index (Phi) is 6.86. The van der Waals surface area contributed by atoms with Crippen molar-refractivity contribution in [3.8, 4) is 0 Å². The maximum Gasteiger partial charge on any atom is 0.128 e. The first-order chi connectivity index (χ1) is 8.26. The van der Waals surface area contributed by atoms with E-state index in [0.29, 0.717) is 5.92 Å². The molecule has 1 rings (SSSR count). The topological polar surface area (TPSA) is 37.0 Å². The van der Waals surface area contributed by atoms with Crippen molar-refractivity contribution in [2.45, 2.75) is 20.3 Å². The van der Waals surface area contributed by atoms with Gasteiger partial charge in [-0.15, -0.1) is 0 Å². The van der Waals surface area contributed by atoms with Gasteiger partial charge in [-0.1, -0.05) is 19.9 Å². The Morgan fingerprint density at radius 2 is 2.00 bits per heavy atom. The van der Waals surface area contributed by atoms with Gasteiger partial charge in [-0.05, 0) is 36.5 Å². The van der Waals surface area contributed by atoms with Gasteiger partial charge in [0, 0.05) is 13.1 Å². The Bertz CT molecular complexity index is 317. The first-order valence-electron chi connectivity index (χ1n) is 6.20. The van der Waals surface area contributed by atoms with Gasteiger partial charge in [0.25, 0.3) is 0 Å². The highest BCUT2D eigenvalue weighted by Gasteiger charge is 2.02. The molecule has 96 valence electrons. The van der Waals surface area contributed by atoms with Crippen LogP contribution in [0.5, 0.6) is 0 Å². The molecule has 0 radical (unpaired) electrons. The van der Waals surface area contributed by atoms with Crippen LogP contribution >= 0.6 is 11.8 Å². The second-order valence-corrected chi connectivity index (χ2v) is 5.19. The molecule has 1 atom stereocenters. The molecule has 4 heteroatoms. The molecule has 0 fully saturated rings. The molecule has 0 bridgehead atoms. The average Bonchev–Trinajstić information content (AvgIpc) is 2.35. The lowest BCUT2D eigenvalue weighted by Crippen LogP contribution is -2.14. The Morgan fingerprint density at radius 3 is 2.65 bits per heavy atom. The lowest BCUT2D eigenvalue weighted by molar-refractivity contribution is 0.699. The molecule has 0 amide bonds. The summed E-state index contributed by atoms with van der Waals surface area (Å²) in [5, 5.41) is 6.67. The zero-order valence-electron chi connectivity index (χ0n) is 11.0. The van der Waals surface area contributed by atoms with E-state index < -0.39 is 0 Å². The van der Waals surface area contributed by atoms with E-state index in [1.807, 2.05) is 30.0 Å². The van der Waals surface area contributed by atoms with Crippen molar-refractivity contribution in [2.75, 3.05) is 35.7 Å². The first kappa shape index (κ1) is 14.2. The average molecular weight is 253 g/mol. The van der Waals surface area contributed by atoms with Crippen LogP contribution in [-0.2, 0) is 0 Å². The van der Waals surface area contributed by atoms with Gasteiger partial charge < -0.3 is 10.6 Å². The van der Waals surface area contributed by atoms with E-state index in [9.17, 15) is 0 Å². The number of pyridine rings is 1. The van der Waals surface area contributed by atoms with E-state index in [-0.39, 0.29) is 0 Å². The predicted molar refractivity (Wildman–Crippen MR) is 79.1 cm³/mol. The maximum absolute atomic E-state index is 4.51. The van der Waals surface area contributed by atoms with Gasteiger partial charge in [-0.2, -0.15) is 11.8 Å². The van der Waals surface area contributed by atoms with Crippen LogP contribution in [0.1, 0.15) is 20.3 Å². The molecule has 0 saturated heterocycles. The van der Waals surface area contributed by atoms with E-state index in [1.54, 1.807) is 0 Å². The number of nitrogens with zero attached hydrogens (tertiary/aromatic N) is 1. The summed E-state index contributed by atoms with van der Waals surface area (Å²) in [6.07, 6.45) is 3.26. The van der Waals surface area contributed by atoms with Crippen molar-refractivity contribution in [2.24, 2.45) is 5.92 Å². The summed E-state index contributed by atoms with van der Waals surface area (Å²) in [6.45, 7) is 6.35. The molecule has 0 aliphatic rings. The van der Waals surface area contributed by atoms with Gasteiger partial charge in [0.1, 0.15) is 11.6 Å². The minimum absolute atomic E-state index is 0.666. The third-order valence-corrected chi connectivity index (χ3v) is 3.29. The summed E-state index contributed by atoms with van der Waals surface area (Å²) in [7, 11) is 0. The fourth-order valence-corrected chi connectivity index (χ4v) is 2.19. The molecular weight excluding hydrogens is 230 g/mol. The van der Waals surface area contributed by atoms with E-state index >= 15 is 0 Å². The van der Waals surface area contributed by atoms with Crippen LogP contribution in [0, 0.1) is 5.92 Å². The normalized spacial score (nSPS) is 12.2. The first-order valence-corrected chi connectivity index (χ1v) is 7.59. The lowest BCUT2D eigenvalue weighted by Gasteiger charge is -2.12. The van der Waals surface area contributed by atoms with E-state index in [1.165, 1.54) is 5.75 Å². The summed E-state index contributed by atoms with van der Waals surface area (Å²) >= 11 is 1.89. The van der Waals surface area contributed by atoms with Crippen molar-refractivity contribution >= 4 is 23.4 Å². The third kappa shape index (κ3) is 5.82. The standard InChI is InChI=1S/C13H23N3S/c1-4-8-14-12-6-5-7-13(16-12)15-9-11(2)10-17-3/h5-7,11H,4,8-10H2,1-3H3,(H2,14,15,16). The van der Waals surface area contributed by atoms with Crippen LogP contribution < -0.4 is 10.6 Å². The second kappa shape index (κ2) is 8.23. The van der Waals surface area contributed by atoms with Crippen molar-refractivity contribution in [3.05, 3.63) is 18.2 Å². The fraction of sp³-hybridized carbons (Fsp3) is 0.615. The van der Waals surface area contributed by atoms with E-state index in [0.717, 1.165) is 31.1 Å². The Hall–Kier alpha value is -0.900. The summed E-state index contributed by atoms with van der Waals surface area (Å²) in [5.41, 5.74) is 0. The summed E-state index contributed by atoms with van der Waals surface area (Å²) < 4.78 is 0. The molecule has 0 aliphatic heterocycles. The molecule has 1 unspecified atom stereocenters. The maximum atomic E-state index is 4.51. The molecule has 0 spiro atoms. The van der Waals surface area contributed by atoms with Crippen LogP contribution in [0.25, 0.3) is 0 Å². The molecular formula is C13H23N3S. The molecule has 1 aromatic heterocycles. The molecule has 3 nitrogen and oxygen atoms in total. The van der Waals surface area contributed by atoms with Gasteiger partial charge in [-0.25, -0.2) is 4.98 Å². The molecule has 1 heterocycles. The second-order valence-electron chi connectivity index (χ2n) is 4.28. The minimum Gasteiger partial charge on any atom is -0.370 e. The summed E-state index contributed by atoms with van der Waals surface area (Å²) in [4.78, 5) is 4.51. The third-order valence-electron chi connectivity index (χ3n) is 2.39. The lowest BCUT2D eigenvalue weighted by atomic mass is 10.2. The van der Waals surface area contributed by atoms with Crippen LogP contribution in [0.2, 0.25) is 0 Å². The molecule has 0 saturated carbocycles. The zero-order valence-corrected chi connectivity index (χ0v) is 11.8. The van der Waals surface area contributed by atoms with Crippen LogP contribution in [0.15, 0.2) is 18.2 Å². The SMILES string of the molecule is CCCNc1cccc(NCC(C)CSC)n1. The highest BCUT2D eigenvalue weighted by atomic mass is 32.2. The largest absolute Gasteiger partial charge is 0.370 e. The predicted octanol–water partition coefficient (Wildman–Crippen LogP) is 3.31. The number of anilines is 2. The quantitative estimate of drug-likeness (QED) is 0.745. The van der Waals surface area contributed by atoms with Crippen LogP contribution in [0.4, 0.5) is 11.6 Å². The summed E-state index contributed by atoms with van der Waals surface area (Å²) in [6, 6.07) is 6.06. The van der Waals surface area contributed by atoms with E-state index in [4.69, 9.17) is 0 Å². The number of nitrogens with one attached hydrogen (secondary N) is 2. The Balaban J connectivity index is 2.42. The van der Waals surface area contributed by atoms with Gasteiger partial charge in [0.05, 0.1) is 0 Å². The van der Waals surface area contributed by atoms with Gasteiger partial charge in [0.15, 0.2) is 0 Å². The van der Waals surface area contributed by atoms with Gasteiger partial charge in [0.2, 0.25) is 0 Å². The molecule has 2 N–H and O–H groups in total. The number of hydrogen-bond donors (Lipinski definition) is 2. The highest BCUT2D eigenvalue weighted by Crippen LogP contribution is 2.11. The summed E-state index contributed by atoms with van der Waals surface area (Å²) in [5.74, 6) is 3.76. The molecule has 0 aromatic carbocycles. The monoisotopic (exact) mass is 253 g/mol. The number of hydrogen-bond acceptors (Lipinski definition) is 4. The van der Waals surface area contributed by atoms with Gasteiger partial charge in [-0.3, -0.25) is 0 Å². The van der Waals surface area contributed by atoms with Gasteiger partial charge >= 0.3 is 0 Å². The van der Waals surface area contributed by atoms with Crippen molar-refractivity contribution in [1.82, 2.24) is 4.98 Å². The molecule has 0 aliphatic carbocycles. The Labute approximate surface area is 109 Å². The minimum atomic E-state index is 0.666. The van der Waals surface area contributed by atoms with Crippen LogP contribution in [-0.4, -0.2) is 30.1 Å². The van der Waals surface area contributed by atoms with Crippen molar-refractivity contribution < 1.29 is 0 Å². The smallest absolute Gasteiger partial charge is 0.128 e. The van der Waals surface area contributed by atoms with Crippen molar-refractivity contribution in [3.63, 3.8) is 0 Å².